The van der Waals surface area contributed by atoms with Crippen LogP contribution in [0.2, 0.25) is 0 Å². The largest absolute Gasteiger partial charge is 0.323 e. The molecule has 3 heteroatoms. The lowest BCUT2D eigenvalue weighted by molar-refractivity contribution is 0.220. The van der Waals surface area contributed by atoms with Crippen molar-refractivity contribution in [1.29, 1.82) is 0 Å². The van der Waals surface area contributed by atoms with Gasteiger partial charge in [-0.2, -0.15) is 0 Å². The van der Waals surface area contributed by atoms with Gasteiger partial charge in [-0.1, -0.05) is 48.5 Å². The number of carbonyl (C=O) groups excluding carboxylic acids is 1. The average molecular weight is 254 g/mol. The van der Waals surface area contributed by atoms with Gasteiger partial charge in [-0.15, -0.1) is 0 Å². The fraction of sp³-hybridized carbons (Fsp3) is 0.188. The lowest BCUT2D eigenvalue weighted by atomic mass is 10.2. The number of carbonyl (C=O) groups is 1. The summed E-state index contributed by atoms with van der Waals surface area (Å²) in [5, 5.41) is 2.92. The van der Waals surface area contributed by atoms with E-state index in [1.807, 2.05) is 61.5 Å². The number of nitrogens with zero attached hydrogens (tertiary/aromatic N) is 1. The molecule has 0 aliphatic rings. The maximum absolute atomic E-state index is 12.1. The van der Waals surface area contributed by atoms with Crippen LogP contribution in [0.5, 0.6) is 0 Å². The van der Waals surface area contributed by atoms with Gasteiger partial charge in [0, 0.05) is 19.3 Å². The fourth-order valence-electron chi connectivity index (χ4n) is 1.85. The van der Waals surface area contributed by atoms with Crippen molar-refractivity contribution in [3.05, 3.63) is 65.7 Å². The van der Waals surface area contributed by atoms with Gasteiger partial charge < -0.3 is 10.2 Å². The van der Waals surface area contributed by atoms with E-state index in [1.165, 1.54) is 0 Å². The SMILES string of the molecule is Cc1ccccc1NC(=O)N(C)Cc1ccccc1. The average Bonchev–Trinajstić information content (AvgIpc) is 2.42. The third kappa shape index (κ3) is 3.58. The van der Waals surface area contributed by atoms with Crippen LogP contribution in [0.25, 0.3) is 0 Å². The summed E-state index contributed by atoms with van der Waals surface area (Å²) >= 11 is 0. The lowest BCUT2D eigenvalue weighted by Gasteiger charge is -2.18. The van der Waals surface area contributed by atoms with Gasteiger partial charge in [-0.25, -0.2) is 4.79 Å². The molecule has 2 aromatic rings. The third-order valence-corrected chi connectivity index (χ3v) is 3.00. The van der Waals surface area contributed by atoms with E-state index >= 15 is 0 Å². The van der Waals surface area contributed by atoms with E-state index < -0.39 is 0 Å². The van der Waals surface area contributed by atoms with Gasteiger partial charge in [0.05, 0.1) is 0 Å². The summed E-state index contributed by atoms with van der Waals surface area (Å²) in [4.78, 5) is 13.8. The van der Waals surface area contributed by atoms with Crippen LogP contribution in [-0.2, 0) is 6.54 Å². The van der Waals surface area contributed by atoms with E-state index in [0.29, 0.717) is 6.54 Å². The van der Waals surface area contributed by atoms with Crippen molar-refractivity contribution in [1.82, 2.24) is 4.90 Å². The maximum atomic E-state index is 12.1. The quantitative estimate of drug-likeness (QED) is 0.890. The number of hydrogen-bond acceptors (Lipinski definition) is 1. The molecule has 0 heterocycles. The second-order valence-corrected chi connectivity index (χ2v) is 4.59. The molecule has 0 bridgehead atoms. The molecular formula is C16H18N2O. The van der Waals surface area contributed by atoms with Crippen LogP contribution in [0.1, 0.15) is 11.1 Å². The number of urea groups is 1. The van der Waals surface area contributed by atoms with Gasteiger partial charge >= 0.3 is 6.03 Å². The molecule has 0 aliphatic carbocycles. The van der Waals surface area contributed by atoms with Crippen molar-refractivity contribution in [3.8, 4) is 0 Å². The van der Waals surface area contributed by atoms with Crippen molar-refractivity contribution in [3.63, 3.8) is 0 Å². The number of amides is 2. The summed E-state index contributed by atoms with van der Waals surface area (Å²) in [5.41, 5.74) is 3.03. The molecule has 0 spiro atoms. The summed E-state index contributed by atoms with van der Waals surface area (Å²) in [6.07, 6.45) is 0. The highest BCUT2D eigenvalue weighted by molar-refractivity contribution is 5.89. The Morgan fingerprint density at radius 1 is 1.05 bits per heavy atom. The molecule has 98 valence electrons. The second-order valence-electron chi connectivity index (χ2n) is 4.59. The van der Waals surface area contributed by atoms with Crippen LogP contribution in [0.4, 0.5) is 10.5 Å². The Balaban J connectivity index is 1.99. The van der Waals surface area contributed by atoms with Crippen LogP contribution in [0.15, 0.2) is 54.6 Å². The molecule has 0 aromatic heterocycles. The van der Waals surface area contributed by atoms with Crippen molar-refractivity contribution in [2.75, 3.05) is 12.4 Å². The number of nitrogens with one attached hydrogen (secondary N) is 1. The monoisotopic (exact) mass is 254 g/mol. The van der Waals surface area contributed by atoms with E-state index in [4.69, 9.17) is 0 Å². The number of benzene rings is 2. The maximum Gasteiger partial charge on any atom is 0.321 e. The molecule has 0 radical (unpaired) electrons. The summed E-state index contributed by atoms with van der Waals surface area (Å²) in [7, 11) is 1.79. The zero-order valence-corrected chi connectivity index (χ0v) is 11.3. The van der Waals surface area contributed by atoms with E-state index in [0.717, 1.165) is 16.8 Å². The van der Waals surface area contributed by atoms with Gasteiger partial charge in [0.25, 0.3) is 0 Å². The van der Waals surface area contributed by atoms with Gasteiger partial charge in [-0.05, 0) is 24.1 Å². The zero-order chi connectivity index (χ0) is 13.7. The highest BCUT2D eigenvalue weighted by Gasteiger charge is 2.09. The number of rotatable bonds is 3. The minimum Gasteiger partial charge on any atom is -0.323 e. The molecular weight excluding hydrogens is 236 g/mol. The Kier molecular flexibility index (Phi) is 4.18. The van der Waals surface area contributed by atoms with Gasteiger partial charge in [-0.3, -0.25) is 0 Å². The summed E-state index contributed by atoms with van der Waals surface area (Å²) in [6.45, 7) is 2.57. The molecule has 0 atom stereocenters. The smallest absolute Gasteiger partial charge is 0.321 e. The van der Waals surface area contributed by atoms with Gasteiger partial charge in [0.15, 0.2) is 0 Å². The Morgan fingerprint density at radius 3 is 2.37 bits per heavy atom. The van der Waals surface area contributed by atoms with Gasteiger partial charge in [0.1, 0.15) is 0 Å². The van der Waals surface area contributed by atoms with Crippen LogP contribution in [-0.4, -0.2) is 18.0 Å². The normalized spacial score (nSPS) is 10.0. The highest BCUT2D eigenvalue weighted by atomic mass is 16.2. The highest BCUT2D eigenvalue weighted by Crippen LogP contribution is 2.14. The third-order valence-electron chi connectivity index (χ3n) is 3.00. The molecule has 2 amide bonds. The summed E-state index contributed by atoms with van der Waals surface area (Å²) < 4.78 is 0. The van der Waals surface area contributed by atoms with E-state index in [2.05, 4.69) is 5.32 Å². The predicted octanol–water partition coefficient (Wildman–Crippen LogP) is 3.66. The molecule has 3 nitrogen and oxygen atoms in total. The van der Waals surface area contributed by atoms with Crippen LogP contribution in [0.3, 0.4) is 0 Å². The minimum atomic E-state index is -0.0989. The Bertz CT molecular complexity index is 552. The molecule has 0 unspecified atom stereocenters. The van der Waals surface area contributed by atoms with Crippen LogP contribution < -0.4 is 5.32 Å². The first-order valence-corrected chi connectivity index (χ1v) is 6.28. The fourth-order valence-corrected chi connectivity index (χ4v) is 1.85. The van der Waals surface area contributed by atoms with E-state index in [1.54, 1.807) is 11.9 Å². The van der Waals surface area contributed by atoms with Crippen molar-refractivity contribution in [2.45, 2.75) is 13.5 Å². The second kappa shape index (κ2) is 6.05. The molecule has 0 saturated heterocycles. The topological polar surface area (TPSA) is 32.3 Å². The zero-order valence-electron chi connectivity index (χ0n) is 11.3. The lowest BCUT2D eigenvalue weighted by Crippen LogP contribution is -2.31. The van der Waals surface area contributed by atoms with Crippen LogP contribution in [0, 0.1) is 6.92 Å². The summed E-state index contributed by atoms with van der Waals surface area (Å²) in [6, 6.07) is 17.6. The number of hydrogen-bond donors (Lipinski definition) is 1. The number of para-hydroxylation sites is 1. The molecule has 19 heavy (non-hydrogen) atoms. The van der Waals surface area contributed by atoms with Crippen molar-refractivity contribution in [2.24, 2.45) is 0 Å². The van der Waals surface area contributed by atoms with Crippen molar-refractivity contribution >= 4 is 11.7 Å². The van der Waals surface area contributed by atoms with Gasteiger partial charge in [0.2, 0.25) is 0 Å². The van der Waals surface area contributed by atoms with Crippen molar-refractivity contribution < 1.29 is 4.79 Å². The van der Waals surface area contributed by atoms with E-state index in [9.17, 15) is 4.79 Å². The first-order valence-electron chi connectivity index (χ1n) is 6.28. The van der Waals surface area contributed by atoms with E-state index in [-0.39, 0.29) is 6.03 Å². The first-order chi connectivity index (χ1) is 9.16. The Morgan fingerprint density at radius 2 is 1.68 bits per heavy atom. The first kappa shape index (κ1) is 13.1. The molecule has 0 saturated carbocycles. The predicted molar refractivity (Wildman–Crippen MR) is 78.1 cm³/mol. The van der Waals surface area contributed by atoms with Crippen LogP contribution >= 0.6 is 0 Å². The molecule has 1 N–H and O–H groups in total. The Labute approximate surface area is 113 Å². The molecule has 0 fully saturated rings. The Hall–Kier alpha value is -2.29. The molecule has 2 aromatic carbocycles. The minimum absolute atomic E-state index is 0.0989. The summed E-state index contributed by atoms with van der Waals surface area (Å²) in [5.74, 6) is 0. The number of aryl methyl sites for hydroxylation is 1. The molecule has 0 aliphatic heterocycles. The standard InChI is InChI=1S/C16H18N2O/c1-13-8-6-7-11-15(13)17-16(19)18(2)12-14-9-4-3-5-10-14/h3-11H,12H2,1-2H3,(H,17,19). The number of anilines is 1. The molecule has 2 rings (SSSR count).